The van der Waals surface area contributed by atoms with E-state index in [1.54, 1.807) is 6.07 Å². The zero-order valence-corrected chi connectivity index (χ0v) is 12.1. The minimum absolute atomic E-state index is 0.0129. The van der Waals surface area contributed by atoms with Crippen LogP contribution in [-0.2, 0) is 0 Å². The molecule has 0 spiro atoms. The number of nitrogens with two attached hydrogens (primary N) is 1. The highest BCUT2D eigenvalue weighted by Crippen LogP contribution is 2.42. The van der Waals surface area contributed by atoms with Gasteiger partial charge in [-0.1, -0.05) is 13.8 Å². The van der Waals surface area contributed by atoms with E-state index in [-0.39, 0.29) is 11.5 Å². The van der Waals surface area contributed by atoms with Gasteiger partial charge in [-0.25, -0.2) is 9.37 Å². The van der Waals surface area contributed by atoms with Gasteiger partial charge < -0.3 is 10.3 Å². The summed E-state index contributed by atoms with van der Waals surface area (Å²) in [6.07, 6.45) is 2.24. The molecule has 1 aliphatic rings. The van der Waals surface area contributed by atoms with E-state index in [9.17, 15) is 4.39 Å². The van der Waals surface area contributed by atoms with Crippen molar-refractivity contribution in [1.29, 1.82) is 5.26 Å². The molecule has 2 N–H and O–H groups in total. The van der Waals surface area contributed by atoms with Crippen LogP contribution in [0.15, 0.2) is 18.2 Å². The van der Waals surface area contributed by atoms with Gasteiger partial charge in [-0.2, -0.15) is 5.26 Å². The van der Waals surface area contributed by atoms with Crippen LogP contribution >= 0.6 is 0 Å². The number of hydrogen-bond donors (Lipinski definition) is 1. The molecule has 1 aromatic heterocycles. The number of hydrogen-bond acceptors (Lipinski definition) is 3. The van der Waals surface area contributed by atoms with Crippen LogP contribution in [0.3, 0.4) is 0 Å². The quantitative estimate of drug-likeness (QED) is 0.936. The van der Waals surface area contributed by atoms with Crippen LogP contribution in [0, 0.1) is 17.1 Å². The van der Waals surface area contributed by atoms with Crippen LogP contribution in [0.4, 0.5) is 10.2 Å². The molecule has 1 aromatic carbocycles. The van der Waals surface area contributed by atoms with Gasteiger partial charge >= 0.3 is 0 Å². The van der Waals surface area contributed by atoms with Gasteiger partial charge in [-0.15, -0.1) is 0 Å². The normalized spacial score (nSPS) is 14.4. The molecule has 0 radical (unpaired) electrons. The first-order valence-electron chi connectivity index (χ1n) is 7.10. The third-order valence-corrected chi connectivity index (χ3v) is 3.76. The fourth-order valence-corrected chi connectivity index (χ4v) is 2.56. The Balaban J connectivity index is 2.15. The smallest absolute Gasteiger partial charge is 0.140 e. The molecule has 3 rings (SSSR count). The molecule has 2 aromatic rings. The molecule has 0 saturated heterocycles. The van der Waals surface area contributed by atoms with Crippen molar-refractivity contribution in [3.63, 3.8) is 0 Å². The Labute approximate surface area is 123 Å². The van der Waals surface area contributed by atoms with E-state index in [0.29, 0.717) is 23.1 Å². The third kappa shape index (κ3) is 2.27. The van der Waals surface area contributed by atoms with Crippen molar-refractivity contribution in [2.75, 3.05) is 5.73 Å². The first-order valence-corrected chi connectivity index (χ1v) is 7.10. The van der Waals surface area contributed by atoms with Crippen LogP contribution in [0.25, 0.3) is 11.3 Å². The standard InChI is InChI=1S/C16H17FN4/c1-9(2)16-20-14(15(19)21(16)12-4-5-12)10-3-6-13(17)11(7-10)8-18/h3,6-7,9,12H,4-5,19H2,1-2H3. The summed E-state index contributed by atoms with van der Waals surface area (Å²) >= 11 is 0. The molecule has 4 nitrogen and oxygen atoms in total. The average Bonchev–Trinajstić information content (AvgIpc) is 3.23. The Morgan fingerprint density at radius 2 is 2.14 bits per heavy atom. The molecule has 5 heteroatoms. The van der Waals surface area contributed by atoms with Crippen LogP contribution in [0.2, 0.25) is 0 Å². The summed E-state index contributed by atoms with van der Waals surface area (Å²) in [6, 6.07) is 6.70. The second kappa shape index (κ2) is 4.88. The Bertz CT molecular complexity index is 735. The lowest BCUT2D eigenvalue weighted by atomic mass is 10.1. The van der Waals surface area contributed by atoms with Crippen LogP contribution < -0.4 is 5.73 Å². The first-order chi connectivity index (χ1) is 10.0. The monoisotopic (exact) mass is 284 g/mol. The average molecular weight is 284 g/mol. The minimum atomic E-state index is -0.523. The fourth-order valence-electron chi connectivity index (χ4n) is 2.56. The summed E-state index contributed by atoms with van der Waals surface area (Å²) in [6.45, 7) is 4.16. The molecule has 108 valence electrons. The maximum absolute atomic E-state index is 13.5. The van der Waals surface area contributed by atoms with Crippen LogP contribution in [-0.4, -0.2) is 9.55 Å². The predicted octanol–water partition coefficient (Wildman–Crippen LogP) is 3.60. The van der Waals surface area contributed by atoms with Gasteiger partial charge in [0.25, 0.3) is 0 Å². The van der Waals surface area contributed by atoms with E-state index in [1.807, 2.05) is 6.07 Å². The highest BCUT2D eigenvalue weighted by Gasteiger charge is 2.31. The van der Waals surface area contributed by atoms with E-state index >= 15 is 0 Å². The second-order valence-electron chi connectivity index (χ2n) is 5.77. The fraction of sp³-hybridized carbons (Fsp3) is 0.375. The van der Waals surface area contributed by atoms with Crippen molar-refractivity contribution < 1.29 is 4.39 Å². The third-order valence-electron chi connectivity index (χ3n) is 3.76. The Hall–Kier alpha value is -2.35. The molecule has 1 fully saturated rings. The number of benzene rings is 1. The summed E-state index contributed by atoms with van der Waals surface area (Å²) < 4.78 is 15.6. The first kappa shape index (κ1) is 13.6. The van der Waals surface area contributed by atoms with E-state index in [0.717, 1.165) is 18.7 Å². The highest BCUT2D eigenvalue weighted by molar-refractivity contribution is 5.72. The molecular formula is C16H17FN4. The lowest BCUT2D eigenvalue weighted by Gasteiger charge is -2.10. The molecule has 0 aliphatic heterocycles. The summed E-state index contributed by atoms with van der Waals surface area (Å²) in [7, 11) is 0. The summed E-state index contributed by atoms with van der Waals surface area (Å²) in [5, 5.41) is 8.96. The molecule has 1 heterocycles. The van der Waals surface area contributed by atoms with Gasteiger partial charge in [0.2, 0.25) is 0 Å². The highest BCUT2D eigenvalue weighted by atomic mass is 19.1. The van der Waals surface area contributed by atoms with Crippen LogP contribution in [0.5, 0.6) is 0 Å². The Morgan fingerprint density at radius 3 is 2.71 bits per heavy atom. The van der Waals surface area contributed by atoms with Crippen molar-refractivity contribution in [1.82, 2.24) is 9.55 Å². The van der Waals surface area contributed by atoms with Crippen molar-refractivity contribution in [2.45, 2.75) is 38.6 Å². The lowest BCUT2D eigenvalue weighted by molar-refractivity contribution is 0.624. The number of rotatable bonds is 3. The van der Waals surface area contributed by atoms with Crippen molar-refractivity contribution in [3.05, 3.63) is 35.4 Å². The van der Waals surface area contributed by atoms with Gasteiger partial charge in [0.1, 0.15) is 29.2 Å². The molecule has 0 unspecified atom stereocenters. The molecule has 0 bridgehead atoms. The Morgan fingerprint density at radius 1 is 1.43 bits per heavy atom. The molecular weight excluding hydrogens is 267 g/mol. The zero-order valence-electron chi connectivity index (χ0n) is 12.1. The lowest BCUT2D eigenvalue weighted by Crippen LogP contribution is -2.06. The Kier molecular flexibility index (Phi) is 3.17. The van der Waals surface area contributed by atoms with Crippen molar-refractivity contribution >= 4 is 5.82 Å². The zero-order chi connectivity index (χ0) is 15.1. The SMILES string of the molecule is CC(C)c1nc(-c2ccc(F)c(C#N)c2)c(N)n1C1CC1. The van der Waals surface area contributed by atoms with Crippen molar-refractivity contribution in [2.24, 2.45) is 0 Å². The maximum Gasteiger partial charge on any atom is 0.140 e. The largest absolute Gasteiger partial charge is 0.383 e. The van der Waals surface area contributed by atoms with Gasteiger partial charge in [0.05, 0.1) is 5.56 Å². The molecule has 21 heavy (non-hydrogen) atoms. The molecule has 1 saturated carbocycles. The minimum Gasteiger partial charge on any atom is -0.383 e. The van der Waals surface area contributed by atoms with E-state index in [1.165, 1.54) is 12.1 Å². The van der Waals surface area contributed by atoms with Gasteiger partial charge in [-0.3, -0.25) is 0 Å². The number of anilines is 1. The number of nitriles is 1. The van der Waals surface area contributed by atoms with Gasteiger partial charge in [0.15, 0.2) is 0 Å². The van der Waals surface area contributed by atoms with Gasteiger partial charge in [0, 0.05) is 17.5 Å². The summed E-state index contributed by atoms with van der Waals surface area (Å²) in [5.74, 6) is 1.30. The number of halogens is 1. The van der Waals surface area contributed by atoms with Crippen molar-refractivity contribution in [3.8, 4) is 17.3 Å². The number of imidazole rings is 1. The number of nitrogen functional groups attached to an aromatic ring is 1. The topological polar surface area (TPSA) is 67.6 Å². The predicted molar refractivity (Wildman–Crippen MR) is 79.1 cm³/mol. The summed E-state index contributed by atoms with van der Waals surface area (Å²) in [4.78, 5) is 4.65. The summed E-state index contributed by atoms with van der Waals surface area (Å²) in [5.41, 5.74) is 7.61. The molecule has 1 aliphatic carbocycles. The molecule has 0 atom stereocenters. The van der Waals surface area contributed by atoms with E-state index in [2.05, 4.69) is 23.4 Å². The second-order valence-corrected chi connectivity index (χ2v) is 5.77. The maximum atomic E-state index is 13.5. The van der Waals surface area contributed by atoms with Crippen LogP contribution in [0.1, 0.15) is 50.0 Å². The number of aromatic nitrogens is 2. The van der Waals surface area contributed by atoms with Gasteiger partial charge in [-0.05, 0) is 31.0 Å². The van der Waals surface area contributed by atoms with E-state index in [4.69, 9.17) is 11.0 Å². The molecule has 0 amide bonds. The van der Waals surface area contributed by atoms with E-state index < -0.39 is 5.82 Å². The number of nitrogens with zero attached hydrogens (tertiary/aromatic N) is 3.